The first-order chi connectivity index (χ1) is 16.9. The molecule has 10 nitrogen and oxygen atoms in total. The van der Waals surface area contributed by atoms with Crippen LogP contribution in [-0.2, 0) is 22.5 Å². The van der Waals surface area contributed by atoms with Crippen LogP contribution in [0.25, 0.3) is 10.9 Å². The molecule has 0 fully saturated rings. The Balaban J connectivity index is 1.47. The molecule has 35 heavy (non-hydrogen) atoms. The maximum Gasteiger partial charge on any atom is 0.337 e. The number of fused-ring (bicyclic) bond motifs is 3. The van der Waals surface area contributed by atoms with Crippen molar-refractivity contribution in [2.75, 3.05) is 41.5 Å². The highest BCUT2D eigenvalue weighted by atomic mass is 16.5. The van der Waals surface area contributed by atoms with Gasteiger partial charge in [-0.3, -0.25) is 9.59 Å². The molecular formula is C25H27N3O7. The lowest BCUT2D eigenvalue weighted by Crippen LogP contribution is -2.42. The summed E-state index contributed by atoms with van der Waals surface area (Å²) in [6, 6.07) is 8.37. The van der Waals surface area contributed by atoms with Crippen molar-refractivity contribution in [2.24, 2.45) is 0 Å². The summed E-state index contributed by atoms with van der Waals surface area (Å²) in [6.45, 7) is 0.724. The molecule has 2 heterocycles. The lowest BCUT2D eigenvalue weighted by Gasteiger charge is -2.27. The summed E-state index contributed by atoms with van der Waals surface area (Å²) in [5.41, 5.74) is 3.62. The van der Waals surface area contributed by atoms with E-state index in [1.807, 2.05) is 6.07 Å². The SMILES string of the molecule is COC(=O)c1ccc2[nH]c3c(c2c1)CN(C(=O)CNC(=O)c1cc(OC)c(OC)c(OC)c1)CC3. The minimum absolute atomic E-state index is 0.166. The number of hydrogen-bond donors (Lipinski definition) is 2. The number of esters is 1. The lowest BCUT2D eigenvalue weighted by molar-refractivity contribution is -0.131. The van der Waals surface area contributed by atoms with E-state index in [4.69, 9.17) is 18.9 Å². The number of aromatic amines is 1. The van der Waals surface area contributed by atoms with Gasteiger partial charge in [0.1, 0.15) is 0 Å². The van der Waals surface area contributed by atoms with Crippen LogP contribution in [0, 0.1) is 0 Å². The molecule has 1 aliphatic rings. The molecule has 4 rings (SSSR count). The van der Waals surface area contributed by atoms with E-state index in [1.165, 1.54) is 40.6 Å². The molecule has 0 spiro atoms. The molecule has 0 radical (unpaired) electrons. The fourth-order valence-electron chi connectivity index (χ4n) is 4.25. The summed E-state index contributed by atoms with van der Waals surface area (Å²) in [5, 5.41) is 3.55. The van der Waals surface area contributed by atoms with Crippen LogP contribution in [0.2, 0.25) is 0 Å². The zero-order chi connectivity index (χ0) is 25.1. The van der Waals surface area contributed by atoms with Crippen molar-refractivity contribution in [1.82, 2.24) is 15.2 Å². The molecule has 184 valence electrons. The number of nitrogens with zero attached hydrogens (tertiary/aromatic N) is 1. The average Bonchev–Trinajstić information content (AvgIpc) is 3.27. The van der Waals surface area contributed by atoms with Crippen LogP contribution in [0.5, 0.6) is 17.2 Å². The summed E-state index contributed by atoms with van der Waals surface area (Å²) < 4.78 is 20.7. The highest BCUT2D eigenvalue weighted by molar-refractivity contribution is 5.98. The molecule has 1 aliphatic heterocycles. The molecule has 2 N–H and O–H groups in total. The van der Waals surface area contributed by atoms with Gasteiger partial charge < -0.3 is 34.1 Å². The third kappa shape index (κ3) is 4.59. The highest BCUT2D eigenvalue weighted by Crippen LogP contribution is 2.38. The molecule has 0 saturated carbocycles. The molecule has 10 heteroatoms. The number of carbonyl (C=O) groups excluding carboxylic acids is 3. The second-order valence-electron chi connectivity index (χ2n) is 8.00. The van der Waals surface area contributed by atoms with Crippen molar-refractivity contribution in [1.29, 1.82) is 0 Å². The van der Waals surface area contributed by atoms with Crippen LogP contribution < -0.4 is 19.5 Å². The Kier molecular flexibility index (Phi) is 6.81. The van der Waals surface area contributed by atoms with E-state index < -0.39 is 11.9 Å². The number of nitrogens with one attached hydrogen (secondary N) is 2. The Morgan fingerprint density at radius 1 is 0.971 bits per heavy atom. The number of H-pyrrole nitrogens is 1. The molecular weight excluding hydrogens is 454 g/mol. The van der Waals surface area contributed by atoms with Gasteiger partial charge in [-0.1, -0.05) is 0 Å². The predicted molar refractivity (Wildman–Crippen MR) is 127 cm³/mol. The maximum absolute atomic E-state index is 12.9. The van der Waals surface area contributed by atoms with Crippen molar-refractivity contribution in [3.63, 3.8) is 0 Å². The first-order valence-corrected chi connectivity index (χ1v) is 11.0. The van der Waals surface area contributed by atoms with Gasteiger partial charge in [0.25, 0.3) is 5.91 Å². The fraction of sp³-hybridized carbons (Fsp3) is 0.320. The summed E-state index contributed by atoms with van der Waals surface area (Å²) in [6.07, 6.45) is 0.643. The molecule has 1 aromatic heterocycles. The van der Waals surface area contributed by atoms with Crippen molar-refractivity contribution >= 4 is 28.7 Å². The Hall–Kier alpha value is -4.21. The topological polar surface area (TPSA) is 119 Å². The first kappa shape index (κ1) is 23.9. The largest absolute Gasteiger partial charge is 0.493 e. The van der Waals surface area contributed by atoms with Crippen molar-refractivity contribution < 1.29 is 33.3 Å². The summed E-state index contributed by atoms with van der Waals surface area (Å²) >= 11 is 0. The van der Waals surface area contributed by atoms with Crippen LogP contribution in [0.4, 0.5) is 0 Å². The quantitative estimate of drug-likeness (QED) is 0.497. The zero-order valence-electron chi connectivity index (χ0n) is 20.0. The van der Waals surface area contributed by atoms with E-state index in [-0.39, 0.29) is 18.0 Å². The molecule has 0 unspecified atom stereocenters. The molecule has 2 amide bonds. The van der Waals surface area contributed by atoms with Gasteiger partial charge in [0.15, 0.2) is 11.5 Å². The number of ether oxygens (including phenoxy) is 4. The summed E-state index contributed by atoms with van der Waals surface area (Å²) in [5.74, 6) is -0.00365. The van der Waals surface area contributed by atoms with Crippen LogP contribution in [-0.4, -0.2) is 69.2 Å². The van der Waals surface area contributed by atoms with Crippen molar-refractivity contribution in [2.45, 2.75) is 13.0 Å². The van der Waals surface area contributed by atoms with Crippen LogP contribution in [0.3, 0.4) is 0 Å². The third-order valence-electron chi connectivity index (χ3n) is 6.08. The molecule has 0 saturated heterocycles. The number of benzene rings is 2. The van der Waals surface area contributed by atoms with Gasteiger partial charge in [0, 0.05) is 47.2 Å². The van der Waals surface area contributed by atoms with E-state index in [0.717, 1.165) is 22.2 Å². The first-order valence-electron chi connectivity index (χ1n) is 11.0. The van der Waals surface area contributed by atoms with Gasteiger partial charge in [-0.25, -0.2) is 4.79 Å². The van der Waals surface area contributed by atoms with Gasteiger partial charge in [-0.05, 0) is 30.3 Å². The third-order valence-corrected chi connectivity index (χ3v) is 6.08. The summed E-state index contributed by atoms with van der Waals surface area (Å²) in [7, 11) is 5.75. The van der Waals surface area contributed by atoms with E-state index in [2.05, 4.69) is 10.3 Å². The Labute approximate surface area is 202 Å². The smallest absolute Gasteiger partial charge is 0.337 e. The van der Waals surface area contributed by atoms with E-state index in [1.54, 1.807) is 17.0 Å². The normalized spacial score (nSPS) is 12.6. The highest BCUT2D eigenvalue weighted by Gasteiger charge is 2.25. The average molecular weight is 482 g/mol. The fourth-order valence-corrected chi connectivity index (χ4v) is 4.25. The Morgan fingerprint density at radius 3 is 2.31 bits per heavy atom. The molecule has 2 aromatic carbocycles. The van der Waals surface area contributed by atoms with Crippen LogP contribution in [0.1, 0.15) is 32.0 Å². The minimum atomic E-state index is -0.440. The van der Waals surface area contributed by atoms with E-state index in [9.17, 15) is 14.4 Å². The van der Waals surface area contributed by atoms with Gasteiger partial charge in [0.05, 0.1) is 40.5 Å². The Morgan fingerprint density at radius 2 is 1.69 bits per heavy atom. The maximum atomic E-state index is 12.9. The monoisotopic (exact) mass is 481 g/mol. The van der Waals surface area contributed by atoms with Crippen LogP contribution >= 0.6 is 0 Å². The Bertz CT molecular complexity index is 1270. The van der Waals surface area contributed by atoms with Crippen molar-refractivity contribution in [3.05, 3.63) is 52.7 Å². The second-order valence-corrected chi connectivity index (χ2v) is 8.00. The number of carbonyl (C=O) groups is 3. The lowest BCUT2D eigenvalue weighted by atomic mass is 10.0. The molecule has 0 atom stereocenters. The van der Waals surface area contributed by atoms with Gasteiger partial charge in [-0.2, -0.15) is 0 Å². The van der Waals surface area contributed by atoms with Crippen molar-refractivity contribution in [3.8, 4) is 17.2 Å². The molecule has 3 aromatic rings. The number of methoxy groups -OCH3 is 4. The zero-order valence-corrected chi connectivity index (χ0v) is 20.0. The predicted octanol–water partition coefficient (Wildman–Crippen LogP) is 2.29. The van der Waals surface area contributed by atoms with Gasteiger partial charge >= 0.3 is 5.97 Å². The van der Waals surface area contributed by atoms with Crippen LogP contribution in [0.15, 0.2) is 30.3 Å². The number of aromatic nitrogens is 1. The van der Waals surface area contributed by atoms with Gasteiger partial charge in [-0.15, -0.1) is 0 Å². The minimum Gasteiger partial charge on any atom is -0.493 e. The molecule has 0 aliphatic carbocycles. The number of amides is 2. The number of rotatable bonds is 7. The summed E-state index contributed by atoms with van der Waals surface area (Å²) in [4.78, 5) is 42.7. The number of hydrogen-bond acceptors (Lipinski definition) is 7. The second kappa shape index (κ2) is 9.96. The van der Waals surface area contributed by atoms with Gasteiger partial charge in [0.2, 0.25) is 11.7 Å². The standard InChI is InChI=1S/C25H27N3O7/c1-32-20-10-15(11-21(33-2)23(20)34-3)24(30)26-12-22(29)28-8-7-19-17(13-28)16-9-14(25(31)35-4)5-6-18(16)27-19/h5-6,9-11,27H,7-8,12-13H2,1-4H3,(H,26,30). The van der Waals surface area contributed by atoms with E-state index >= 15 is 0 Å². The molecule has 0 bridgehead atoms. The van der Waals surface area contributed by atoms with E-state index in [0.29, 0.717) is 42.3 Å².